The molecule has 2 nitrogen and oxygen atoms in total. The maximum atomic E-state index is 13.1. The summed E-state index contributed by atoms with van der Waals surface area (Å²) in [5.74, 6) is 0.493. The van der Waals surface area contributed by atoms with Gasteiger partial charge in [-0.1, -0.05) is 13.0 Å². The van der Waals surface area contributed by atoms with Crippen LogP contribution in [0.5, 0.6) is 0 Å². The molecule has 0 bridgehead atoms. The summed E-state index contributed by atoms with van der Waals surface area (Å²) in [6.45, 7) is 4.94. The number of nitrogens with two attached hydrogens (primary N) is 1. The molecule has 0 spiro atoms. The highest BCUT2D eigenvalue weighted by atomic mass is 19.4. The maximum Gasteiger partial charge on any atom is 0.416 e. The lowest BCUT2D eigenvalue weighted by molar-refractivity contribution is -0.138. The first-order valence-corrected chi connectivity index (χ1v) is 7.01. The van der Waals surface area contributed by atoms with E-state index in [9.17, 15) is 13.2 Å². The van der Waals surface area contributed by atoms with Crippen LogP contribution >= 0.6 is 0 Å². The lowest BCUT2D eigenvalue weighted by Gasteiger charge is -2.40. The van der Waals surface area contributed by atoms with Crippen molar-refractivity contribution in [3.63, 3.8) is 0 Å². The molecule has 112 valence electrons. The van der Waals surface area contributed by atoms with Gasteiger partial charge in [-0.15, -0.1) is 0 Å². The predicted octanol–water partition coefficient (Wildman–Crippen LogP) is 3.79. The van der Waals surface area contributed by atoms with Crippen LogP contribution in [0.4, 0.5) is 18.9 Å². The summed E-state index contributed by atoms with van der Waals surface area (Å²) in [5.41, 5.74) is 5.60. The molecule has 0 amide bonds. The van der Waals surface area contributed by atoms with Gasteiger partial charge in [-0.25, -0.2) is 0 Å². The van der Waals surface area contributed by atoms with Crippen LogP contribution in [0.15, 0.2) is 18.2 Å². The Balaban J connectivity index is 2.38. The Labute approximate surface area is 117 Å². The lowest BCUT2D eigenvalue weighted by Crippen LogP contribution is -2.42. The molecule has 0 aromatic heterocycles. The van der Waals surface area contributed by atoms with Crippen molar-refractivity contribution in [3.8, 4) is 0 Å². The smallest absolute Gasteiger partial charge is 0.369 e. The predicted molar refractivity (Wildman–Crippen MR) is 74.5 cm³/mol. The van der Waals surface area contributed by atoms with Crippen molar-refractivity contribution in [2.24, 2.45) is 11.7 Å². The van der Waals surface area contributed by atoms with Crippen LogP contribution in [0.25, 0.3) is 0 Å². The SMILES string of the molecule is CC1CCCN(c2ccc(CN)c(C(F)(F)F)c2)C1C. The first kappa shape index (κ1) is 15.2. The van der Waals surface area contributed by atoms with Crippen LogP contribution in [0.1, 0.15) is 37.8 Å². The molecule has 0 aliphatic carbocycles. The topological polar surface area (TPSA) is 29.3 Å². The number of anilines is 1. The Morgan fingerprint density at radius 1 is 1.30 bits per heavy atom. The van der Waals surface area contributed by atoms with E-state index in [1.54, 1.807) is 6.07 Å². The number of benzene rings is 1. The average molecular weight is 286 g/mol. The number of rotatable bonds is 2. The van der Waals surface area contributed by atoms with E-state index in [1.807, 2.05) is 0 Å². The standard InChI is InChI=1S/C15H21F3N2/c1-10-4-3-7-20(11(10)2)13-6-5-12(9-19)14(8-13)15(16,17)18/h5-6,8,10-11H,3-4,7,9,19H2,1-2H3. The summed E-state index contributed by atoms with van der Waals surface area (Å²) < 4.78 is 39.2. The molecule has 0 saturated carbocycles. The van der Waals surface area contributed by atoms with Crippen molar-refractivity contribution in [3.05, 3.63) is 29.3 Å². The van der Waals surface area contributed by atoms with Crippen molar-refractivity contribution >= 4 is 5.69 Å². The molecule has 1 aliphatic heterocycles. The summed E-state index contributed by atoms with van der Waals surface area (Å²) >= 11 is 0. The zero-order chi connectivity index (χ0) is 14.9. The minimum atomic E-state index is -4.35. The van der Waals surface area contributed by atoms with Crippen molar-refractivity contribution in [1.29, 1.82) is 0 Å². The van der Waals surface area contributed by atoms with Crippen LogP contribution in [0, 0.1) is 5.92 Å². The van der Waals surface area contributed by atoms with Crippen LogP contribution < -0.4 is 10.6 Å². The molecule has 1 heterocycles. The first-order chi connectivity index (χ1) is 9.34. The molecule has 2 rings (SSSR count). The number of piperidine rings is 1. The van der Waals surface area contributed by atoms with Crippen LogP contribution in [-0.2, 0) is 12.7 Å². The third-order valence-corrected chi connectivity index (χ3v) is 4.32. The molecule has 1 aromatic carbocycles. The Kier molecular flexibility index (Phi) is 4.28. The molecule has 1 fully saturated rings. The lowest BCUT2D eigenvalue weighted by atomic mass is 9.91. The zero-order valence-electron chi connectivity index (χ0n) is 11.9. The van der Waals surface area contributed by atoms with Crippen LogP contribution in [0.2, 0.25) is 0 Å². The molecular weight excluding hydrogens is 265 g/mol. The van der Waals surface area contributed by atoms with Crippen molar-refractivity contribution < 1.29 is 13.2 Å². The average Bonchev–Trinajstić information content (AvgIpc) is 2.40. The van der Waals surface area contributed by atoms with E-state index in [2.05, 4.69) is 18.7 Å². The maximum absolute atomic E-state index is 13.1. The Bertz CT molecular complexity index is 471. The number of halogens is 3. The molecule has 20 heavy (non-hydrogen) atoms. The van der Waals surface area contributed by atoms with Gasteiger partial charge in [0.25, 0.3) is 0 Å². The second kappa shape index (κ2) is 5.64. The summed E-state index contributed by atoms with van der Waals surface area (Å²) in [6, 6.07) is 4.76. The molecule has 5 heteroatoms. The summed E-state index contributed by atoms with van der Waals surface area (Å²) in [6.07, 6.45) is -2.20. The van der Waals surface area contributed by atoms with Crippen molar-refractivity contribution in [2.45, 2.75) is 45.5 Å². The Morgan fingerprint density at radius 2 is 2.00 bits per heavy atom. The van der Waals surface area contributed by atoms with Gasteiger partial charge in [-0.3, -0.25) is 0 Å². The van der Waals surface area contributed by atoms with Gasteiger partial charge in [0.05, 0.1) is 5.56 Å². The van der Waals surface area contributed by atoms with E-state index in [0.717, 1.165) is 19.4 Å². The molecular formula is C15H21F3N2. The van der Waals surface area contributed by atoms with E-state index < -0.39 is 11.7 Å². The molecule has 0 radical (unpaired) electrons. The van der Waals surface area contributed by atoms with Gasteiger partial charge in [-0.05, 0) is 43.4 Å². The third kappa shape index (κ3) is 2.92. The van der Waals surface area contributed by atoms with Gasteiger partial charge in [-0.2, -0.15) is 13.2 Å². The summed E-state index contributed by atoms with van der Waals surface area (Å²) in [4.78, 5) is 2.07. The first-order valence-electron chi connectivity index (χ1n) is 7.01. The fraction of sp³-hybridized carbons (Fsp3) is 0.600. The quantitative estimate of drug-likeness (QED) is 0.896. The van der Waals surface area contributed by atoms with Crippen LogP contribution in [0.3, 0.4) is 0 Å². The molecule has 2 atom stereocenters. The van der Waals surface area contributed by atoms with Gasteiger partial charge in [0.1, 0.15) is 0 Å². The van der Waals surface area contributed by atoms with E-state index in [0.29, 0.717) is 11.6 Å². The normalized spacial score (nSPS) is 24.0. The van der Waals surface area contributed by atoms with Crippen molar-refractivity contribution in [2.75, 3.05) is 11.4 Å². The highest BCUT2D eigenvalue weighted by Crippen LogP contribution is 2.36. The van der Waals surface area contributed by atoms with E-state index in [-0.39, 0.29) is 18.2 Å². The minimum Gasteiger partial charge on any atom is -0.369 e. The van der Waals surface area contributed by atoms with Gasteiger partial charge in [0.2, 0.25) is 0 Å². The minimum absolute atomic E-state index is 0.0962. The fourth-order valence-corrected chi connectivity index (χ4v) is 2.88. The molecule has 2 N–H and O–H groups in total. The number of hydrogen-bond acceptors (Lipinski definition) is 2. The molecule has 1 aliphatic rings. The molecule has 2 unspecified atom stereocenters. The van der Waals surface area contributed by atoms with Crippen LogP contribution in [-0.4, -0.2) is 12.6 Å². The van der Waals surface area contributed by atoms with Gasteiger partial charge < -0.3 is 10.6 Å². The van der Waals surface area contributed by atoms with E-state index >= 15 is 0 Å². The Morgan fingerprint density at radius 3 is 2.60 bits per heavy atom. The highest BCUT2D eigenvalue weighted by molar-refractivity contribution is 5.53. The number of alkyl halides is 3. The zero-order valence-corrected chi connectivity index (χ0v) is 11.9. The highest BCUT2D eigenvalue weighted by Gasteiger charge is 2.34. The van der Waals surface area contributed by atoms with Gasteiger partial charge in [0.15, 0.2) is 0 Å². The van der Waals surface area contributed by atoms with Crippen molar-refractivity contribution in [1.82, 2.24) is 0 Å². The number of nitrogens with zero attached hydrogens (tertiary/aromatic N) is 1. The summed E-state index contributed by atoms with van der Waals surface area (Å²) in [7, 11) is 0. The molecule has 1 aromatic rings. The van der Waals surface area contributed by atoms with E-state index in [1.165, 1.54) is 12.1 Å². The monoisotopic (exact) mass is 286 g/mol. The fourth-order valence-electron chi connectivity index (χ4n) is 2.88. The Hall–Kier alpha value is -1.23. The summed E-state index contributed by atoms with van der Waals surface area (Å²) in [5, 5.41) is 0. The second-order valence-corrected chi connectivity index (χ2v) is 5.60. The number of hydrogen-bond donors (Lipinski definition) is 1. The largest absolute Gasteiger partial charge is 0.416 e. The van der Waals surface area contributed by atoms with E-state index in [4.69, 9.17) is 5.73 Å². The van der Waals surface area contributed by atoms with Gasteiger partial charge in [0, 0.05) is 24.8 Å². The van der Waals surface area contributed by atoms with Gasteiger partial charge >= 0.3 is 6.18 Å². The third-order valence-electron chi connectivity index (χ3n) is 4.32. The molecule has 1 saturated heterocycles. The second-order valence-electron chi connectivity index (χ2n) is 5.60.